The van der Waals surface area contributed by atoms with E-state index in [4.69, 9.17) is 4.74 Å². The summed E-state index contributed by atoms with van der Waals surface area (Å²) in [5.41, 5.74) is 1.08. The van der Waals surface area contributed by atoms with E-state index in [2.05, 4.69) is 4.98 Å². The van der Waals surface area contributed by atoms with Crippen LogP contribution in [0.2, 0.25) is 0 Å². The lowest BCUT2D eigenvalue weighted by Crippen LogP contribution is -2.25. The monoisotopic (exact) mass is 334 g/mol. The second-order valence-electron chi connectivity index (χ2n) is 7.09. The van der Waals surface area contributed by atoms with Crippen molar-refractivity contribution >= 4 is 22.6 Å². The number of ether oxygens (including phenoxy) is 1. The third-order valence-electron chi connectivity index (χ3n) is 3.88. The molecule has 0 saturated carbocycles. The third kappa shape index (κ3) is 3.47. The summed E-state index contributed by atoms with van der Waals surface area (Å²) in [4.78, 5) is 18.3. The van der Waals surface area contributed by atoms with E-state index in [1.807, 2.05) is 0 Å². The minimum atomic E-state index is -2.67. The maximum Gasteiger partial charge on any atom is 0.339 e. The Morgan fingerprint density at radius 2 is 2.04 bits per heavy atom. The van der Waals surface area contributed by atoms with Crippen molar-refractivity contribution in [1.29, 1.82) is 0 Å². The van der Waals surface area contributed by atoms with Gasteiger partial charge in [-0.15, -0.1) is 0 Å². The van der Waals surface area contributed by atoms with E-state index >= 15 is 0 Å². The van der Waals surface area contributed by atoms with E-state index in [0.29, 0.717) is 28.7 Å². The molecular weight excluding hydrogens is 314 g/mol. The Morgan fingerprint density at radius 1 is 1.29 bits per heavy atom. The lowest BCUT2D eigenvalue weighted by Gasteiger charge is -2.21. The van der Waals surface area contributed by atoms with Gasteiger partial charge in [-0.3, -0.25) is 4.98 Å². The number of pyridine rings is 1. The van der Waals surface area contributed by atoms with Gasteiger partial charge in [0.1, 0.15) is 5.60 Å². The second-order valence-corrected chi connectivity index (χ2v) is 7.09. The summed E-state index contributed by atoms with van der Waals surface area (Å²) in [5.74, 6) is -3.11. The molecule has 1 fully saturated rings. The molecule has 1 aromatic carbocycles. The number of carbonyl (C=O) groups excluding carboxylic acids is 1. The Kier molecular flexibility index (Phi) is 3.94. The van der Waals surface area contributed by atoms with Gasteiger partial charge >= 0.3 is 5.97 Å². The normalized spacial score (nSPS) is 17.3. The Morgan fingerprint density at radius 3 is 2.67 bits per heavy atom. The first-order valence-corrected chi connectivity index (χ1v) is 7.90. The number of esters is 1. The summed E-state index contributed by atoms with van der Waals surface area (Å²) in [6, 6.07) is 6.84. The molecule has 3 rings (SSSR count). The van der Waals surface area contributed by atoms with Gasteiger partial charge in [-0.25, -0.2) is 13.6 Å². The molecule has 0 aliphatic carbocycles. The Hall–Kier alpha value is -2.24. The molecule has 2 aromatic rings. The Labute approximate surface area is 139 Å². The van der Waals surface area contributed by atoms with Crippen LogP contribution in [0.25, 0.3) is 10.9 Å². The average Bonchev–Trinajstić information content (AvgIpc) is 2.84. The van der Waals surface area contributed by atoms with Crippen molar-refractivity contribution in [2.75, 3.05) is 18.0 Å². The number of benzene rings is 1. The number of nitrogens with zero attached hydrogens (tertiary/aromatic N) is 2. The molecule has 0 bridgehead atoms. The molecule has 24 heavy (non-hydrogen) atoms. The number of anilines is 1. The molecule has 0 radical (unpaired) electrons. The van der Waals surface area contributed by atoms with E-state index in [9.17, 15) is 13.6 Å². The Balaban J connectivity index is 1.99. The number of carbonyl (C=O) groups is 1. The summed E-state index contributed by atoms with van der Waals surface area (Å²) in [5, 5.41) is 0.611. The SMILES string of the molecule is CC(C)(C)OC(=O)c1ccnc2ccc(N3CCC(F)(F)C3)cc12. The molecule has 0 N–H and O–H groups in total. The number of hydrogen-bond donors (Lipinski definition) is 0. The molecule has 128 valence electrons. The van der Waals surface area contributed by atoms with Crippen LogP contribution in [-0.2, 0) is 4.74 Å². The van der Waals surface area contributed by atoms with Crippen LogP contribution in [0.1, 0.15) is 37.6 Å². The molecule has 1 saturated heterocycles. The van der Waals surface area contributed by atoms with Crippen LogP contribution >= 0.6 is 0 Å². The van der Waals surface area contributed by atoms with Crippen molar-refractivity contribution in [1.82, 2.24) is 4.98 Å². The van der Waals surface area contributed by atoms with Crippen molar-refractivity contribution in [3.63, 3.8) is 0 Å². The molecule has 0 unspecified atom stereocenters. The lowest BCUT2D eigenvalue weighted by molar-refractivity contribution is 0.00712. The minimum absolute atomic E-state index is 0.156. The van der Waals surface area contributed by atoms with Crippen molar-refractivity contribution in [2.24, 2.45) is 0 Å². The first-order valence-electron chi connectivity index (χ1n) is 7.90. The van der Waals surface area contributed by atoms with Crippen LogP contribution in [0.15, 0.2) is 30.5 Å². The van der Waals surface area contributed by atoms with Crippen molar-refractivity contribution < 1.29 is 18.3 Å². The van der Waals surface area contributed by atoms with E-state index in [1.165, 1.54) is 0 Å². The summed E-state index contributed by atoms with van der Waals surface area (Å²) in [6.45, 7) is 5.38. The standard InChI is InChI=1S/C18H20F2N2O2/c1-17(2,3)24-16(23)13-6-8-21-15-5-4-12(10-14(13)15)22-9-7-18(19,20)11-22/h4-6,8,10H,7,9,11H2,1-3H3. The summed E-state index contributed by atoms with van der Waals surface area (Å²) >= 11 is 0. The highest BCUT2D eigenvalue weighted by Crippen LogP contribution is 2.32. The topological polar surface area (TPSA) is 42.4 Å². The summed E-state index contributed by atoms with van der Waals surface area (Å²) < 4.78 is 32.3. The highest BCUT2D eigenvalue weighted by atomic mass is 19.3. The maximum atomic E-state index is 13.5. The fourth-order valence-corrected chi connectivity index (χ4v) is 2.80. The molecule has 2 heterocycles. The molecule has 0 spiro atoms. The fraction of sp³-hybridized carbons (Fsp3) is 0.444. The van der Waals surface area contributed by atoms with Crippen LogP contribution in [0.5, 0.6) is 0 Å². The smallest absolute Gasteiger partial charge is 0.339 e. The third-order valence-corrected chi connectivity index (χ3v) is 3.88. The number of hydrogen-bond acceptors (Lipinski definition) is 4. The van der Waals surface area contributed by atoms with Crippen LogP contribution < -0.4 is 4.90 Å². The molecule has 4 nitrogen and oxygen atoms in total. The molecule has 1 aromatic heterocycles. The first-order chi connectivity index (χ1) is 11.1. The molecule has 0 atom stereocenters. The van der Waals surface area contributed by atoms with Gasteiger partial charge < -0.3 is 9.64 Å². The number of halogens is 2. The van der Waals surface area contributed by atoms with Gasteiger partial charge in [-0.1, -0.05) is 0 Å². The highest BCUT2D eigenvalue weighted by molar-refractivity contribution is 6.04. The van der Waals surface area contributed by atoms with Crippen molar-refractivity contribution in [3.8, 4) is 0 Å². The molecular formula is C18H20F2N2O2. The average molecular weight is 334 g/mol. The minimum Gasteiger partial charge on any atom is -0.456 e. The lowest BCUT2D eigenvalue weighted by atomic mass is 10.1. The predicted octanol–water partition coefficient (Wildman–Crippen LogP) is 4.04. The maximum absolute atomic E-state index is 13.5. The molecule has 0 amide bonds. The van der Waals surface area contributed by atoms with Crippen LogP contribution in [0.3, 0.4) is 0 Å². The molecule has 1 aliphatic heterocycles. The van der Waals surface area contributed by atoms with Gasteiger partial charge in [0, 0.05) is 30.2 Å². The van der Waals surface area contributed by atoms with Gasteiger partial charge in [0.25, 0.3) is 5.92 Å². The van der Waals surface area contributed by atoms with Gasteiger partial charge in [-0.05, 0) is 45.0 Å². The quantitative estimate of drug-likeness (QED) is 0.778. The zero-order chi connectivity index (χ0) is 17.5. The van der Waals surface area contributed by atoms with Crippen molar-refractivity contribution in [3.05, 3.63) is 36.0 Å². The zero-order valence-corrected chi connectivity index (χ0v) is 14.0. The fourth-order valence-electron chi connectivity index (χ4n) is 2.80. The van der Waals surface area contributed by atoms with Crippen molar-refractivity contribution in [2.45, 2.75) is 38.7 Å². The second kappa shape index (κ2) is 5.69. The largest absolute Gasteiger partial charge is 0.456 e. The highest BCUT2D eigenvalue weighted by Gasteiger charge is 2.38. The number of alkyl halides is 2. The molecule has 6 heteroatoms. The molecule has 1 aliphatic rings. The summed E-state index contributed by atoms with van der Waals surface area (Å²) in [6.07, 6.45) is 1.39. The first kappa shape index (κ1) is 16.6. The van der Waals surface area contributed by atoms with Gasteiger partial charge in [-0.2, -0.15) is 0 Å². The van der Waals surface area contributed by atoms with Gasteiger partial charge in [0.2, 0.25) is 0 Å². The van der Waals surface area contributed by atoms with E-state index in [-0.39, 0.29) is 13.0 Å². The van der Waals surface area contributed by atoms with E-state index in [0.717, 1.165) is 0 Å². The van der Waals surface area contributed by atoms with Gasteiger partial charge in [0.15, 0.2) is 0 Å². The predicted molar refractivity (Wildman–Crippen MR) is 88.7 cm³/mol. The Bertz CT molecular complexity index is 784. The number of fused-ring (bicyclic) bond motifs is 1. The summed E-state index contributed by atoms with van der Waals surface area (Å²) in [7, 11) is 0. The van der Waals surface area contributed by atoms with Crippen LogP contribution in [-0.4, -0.2) is 35.6 Å². The van der Waals surface area contributed by atoms with Gasteiger partial charge in [0.05, 0.1) is 17.6 Å². The number of aromatic nitrogens is 1. The van der Waals surface area contributed by atoms with Crippen LogP contribution in [0.4, 0.5) is 14.5 Å². The van der Waals surface area contributed by atoms with E-state index in [1.54, 1.807) is 56.1 Å². The van der Waals surface area contributed by atoms with Crippen LogP contribution in [0, 0.1) is 0 Å². The van der Waals surface area contributed by atoms with E-state index < -0.39 is 17.5 Å². The number of rotatable bonds is 2. The zero-order valence-electron chi connectivity index (χ0n) is 14.0.